The molecule has 5 nitrogen and oxygen atoms in total. The van der Waals surface area contributed by atoms with Crippen molar-refractivity contribution in [3.8, 4) is 16.9 Å². The average molecular weight is 574 g/mol. The molecule has 0 radical (unpaired) electrons. The minimum Gasteiger partial charge on any atom is -0.493 e. The molecule has 1 aliphatic heterocycles. The molecule has 2 saturated carbocycles. The first kappa shape index (κ1) is 30.3. The monoisotopic (exact) mass is 573 g/mol. The number of benzene rings is 2. The number of ether oxygens (including phenoxy) is 1. The van der Waals surface area contributed by atoms with Crippen LogP contribution in [0, 0.1) is 23.1 Å². The van der Waals surface area contributed by atoms with Crippen molar-refractivity contribution in [2.24, 2.45) is 17.3 Å². The highest BCUT2D eigenvalue weighted by molar-refractivity contribution is 6.29. The number of Topliss-reactive ketones (excluding diaryl/α,β-unsaturated/α-hetero) is 1. The summed E-state index contributed by atoms with van der Waals surface area (Å²) in [4.78, 5) is 38.8. The summed E-state index contributed by atoms with van der Waals surface area (Å²) in [7, 11) is 2.03. The van der Waals surface area contributed by atoms with Crippen LogP contribution in [0.4, 0.5) is 4.39 Å². The Hall–Kier alpha value is -3.12. The van der Waals surface area contributed by atoms with Gasteiger partial charge < -0.3 is 4.74 Å². The number of hydrogen-bond donors (Lipinski definition) is 0. The quantitative estimate of drug-likeness (QED) is 0.164. The fraction of sp³-hybridized carbons (Fsp3) is 0.528. The lowest BCUT2D eigenvalue weighted by Crippen LogP contribution is -2.32. The molecule has 3 aliphatic rings. The molecule has 0 spiro atoms. The third-order valence-corrected chi connectivity index (χ3v) is 9.84. The Morgan fingerprint density at radius 1 is 1.12 bits per heavy atom. The van der Waals surface area contributed by atoms with E-state index in [4.69, 9.17) is 4.74 Å². The first-order chi connectivity index (χ1) is 19.9. The predicted octanol–water partition coefficient (Wildman–Crippen LogP) is 7.07. The van der Waals surface area contributed by atoms with Crippen molar-refractivity contribution < 1.29 is 23.5 Å². The number of hydrogen-bond acceptors (Lipinski definition) is 5. The number of likely N-dealkylation sites (N-methyl/N-ethyl adjacent to an activating group) is 1. The molecule has 0 unspecified atom stereocenters. The molecule has 1 atom stereocenters. The molecule has 2 aliphatic carbocycles. The maximum atomic E-state index is 15.2. The highest BCUT2D eigenvalue weighted by Crippen LogP contribution is 2.46. The molecule has 1 saturated heterocycles. The van der Waals surface area contributed by atoms with Crippen LogP contribution in [0.25, 0.3) is 11.1 Å². The number of rotatable bonds is 11. The highest BCUT2D eigenvalue weighted by atomic mass is 19.1. The summed E-state index contributed by atoms with van der Waals surface area (Å²) in [6.45, 7) is 9.36. The van der Waals surface area contributed by atoms with Crippen molar-refractivity contribution in [2.45, 2.75) is 83.6 Å². The van der Waals surface area contributed by atoms with Crippen LogP contribution in [0.15, 0.2) is 48.6 Å². The highest BCUT2D eigenvalue weighted by Gasteiger charge is 2.38. The number of halogens is 1. The SMILES string of the molecule is CN1CC(C)(C)C[C@H]1C(=O)C=CC1CC(COc2ccc(C(C)(C)C(=O)C=O)cc2-c2cccc(F)c2C2CCC2)C1. The van der Waals surface area contributed by atoms with E-state index in [1.807, 2.05) is 31.3 Å². The van der Waals surface area contributed by atoms with Gasteiger partial charge in [-0.2, -0.15) is 0 Å². The van der Waals surface area contributed by atoms with Crippen LogP contribution in [-0.2, 0) is 19.8 Å². The van der Waals surface area contributed by atoms with Gasteiger partial charge in [0.2, 0.25) is 5.78 Å². The molecular formula is C36H44FNO4. The molecule has 5 rings (SSSR count). The molecule has 0 aromatic heterocycles. The van der Waals surface area contributed by atoms with Gasteiger partial charge in [-0.25, -0.2) is 4.39 Å². The van der Waals surface area contributed by atoms with Gasteiger partial charge in [0, 0.05) is 12.1 Å². The van der Waals surface area contributed by atoms with Crippen molar-refractivity contribution in [3.05, 3.63) is 65.5 Å². The molecule has 6 heteroatoms. The van der Waals surface area contributed by atoms with Gasteiger partial charge in [-0.1, -0.05) is 44.5 Å². The van der Waals surface area contributed by atoms with Crippen LogP contribution in [0.5, 0.6) is 5.75 Å². The zero-order valence-corrected chi connectivity index (χ0v) is 25.6. The Morgan fingerprint density at radius 2 is 1.86 bits per heavy atom. The first-order valence-electron chi connectivity index (χ1n) is 15.4. The van der Waals surface area contributed by atoms with Gasteiger partial charge in [-0.05, 0) is 117 Å². The number of ketones is 2. The van der Waals surface area contributed by atoms with Crippen molar-refractivity contribution >= 4 is 17.9 Å². The van der Waals surface area contributed by atoms with E-state index in [1.54, 1.807) is 26.0 Å². The molecular weight excluding hydrogens is 529 g/mol. The van der Waals surface area contributed by atoms with E-state index in [1.165, 1.54) is 6.07 Å². The number of carbonyl (C=O) groups excluding carboxylic acids is 3. The topological polar surface area (TPSA) is 63.7 Å². The predicted molar refractivity (Wildman–Crippen MR) is 163 cm³/mol. The number of aldehydes is 1. The molecule has 42 heavy (non-hydrogen) atoms. The van der Waals surface area contributed by atoms with Crippen molar-refractivity contribution in [1.82, 2.24) is 4.90 Å². The summed E-state index contributed by atoms with van der Waals surface area (Å²) < 4.78 is 21.6. The fourth-order valence-electron chi connectivity index (χ4n) is 6.91. The second kappa shape index (κ2) is 11.9. The van der Waals surface area contributed by atoms with Gasteiger partial charge in [-0.15, -0.1) is 0 Å². The van der Waals surface area contributed by atoms with Crippen LogP contribution in [-0.4, -0.2) is 49.0 Å². The lowest BCUT2D eigenvalue weighted by Gasteiger charge is -2.34. The van der Waals surface area contributed by atoms with Crippen LogP contribution in [0.1, 0.15) is 83.3 Å². The summed E-state index contributed by atoms with van der Waals surface area (Å²) >= 11 is 0. The summed E-state index contributed by atoms with van der Waals surface area (Å²) in [5.74, 6) is 1.03. The van der Waals surface area contributed by atoms with Gasteiger partial charge in [0.1, 0.15) is 11.6 Å². The van der Waals surface area contributed by atoms with Crippen LogP contribution >= 0.6 is 0 Å². The molecule has 3 fully saturated rings. The number of allylic oxidation sites excluding steroid dienone is 1. The maximum Gasteiger partial charge on any atom is 0.205 e. The van der Waals surface area contributed by atoms with Gasteiger partial charge >= 0.3 is 0 Å². The molecule has 2 aromatic carbocycles. The van der Waals surface area contributed by atoms with Gasteiger partial charge in [0.15, 0.2) is 12.1 Å². The van der Waals surface area contributed by atoms with Crippen molar-refractivity contribution in [2.75, 3.05) is 20.2 Å². The fourth-order valence-corrected chi connectivity index (χ4v) is 6.91. The Bertz CT molecular complexity index is 1380. The first-order valence-corrected chi connectivity index (χ1v) is 15.4. The normalized spacial score (nSPS) is 24.3. The molecule has 0 amide bonds. The van der Waals surface area contributed by atoms with E-state index < -0.39 is 11.2 Å². The van der Waals surface area contributed by atoms with Crippen LogP contribution in [0.2, 0.25) is 0 Å². The Labute approximate surface area is 249 Å². The van der Waals surface area contributed by atoms with E-state index in [0.29, 0.717) is 41.6 Å². The lowest BCUT2D eigenvalue weighted by molar-refractivity contribution is -0.133. The van der Waals surface area contributed by atoms with Gasteiger partial charge in [-0.3, -0.25) is 19.3 Å². The summed E-state index contributed by atoms with van der Waals surface area (Å²) in [6, 6.07) is 10.7. The lowest BCUT2D eigenvalue weighted by atomic mass is 9.75. The molecule has 0 bridgehead atoms. The standard InChI is InChI=1S/C36H44FNO4/c1-35(2)19-30(38(5)22-35)31(40)14-12-23-16-24(17-23)21-42-32-15-13-26(36(3,4)33(41)20-39)18-28(32)27-10-7-11-29(37)34(27)25-8-6-9-25/h7,10-15,18,20,23-25,30H,6,8-9,16-17,19,21-22H2,1-5H3/t23?,24?,30-/m0/s1. The number of likely N-dealkylation sites (tertiary alicyclic amines) is 1. The molecule has 224 valence electrons. The average Bonchev–Trinajstić information content (AvgIpc) is 3.18. The molecule has 2 aromatic rings. The van der Waals surface area contributed by atoms with E-state index in [0.717, 1.165) is 56.2 Å². The second-order valence-corrected chi connectivity index (χ2v) is 14.1. The zero-order valence-electron chi connectivity index (χ0n) is 25.6. The van der Waals surface area contributed by atoms with E-state index in [2.05, 4.69) is 24.8 Å². The Kier molecular flexibility index (Phi) is 8.58. The molecule has 0 N–H and O–H groups in total. The largest absolute Gasteiger partial charge is 0.493 e. The smallest absolute Gasteiger partial charge is 0.205 e. The maximum absolute atomic E-state index is 15.2. The van der Waals surface area contributed by atoms with Crippen LogP contribution in [0.3, 0.4) is 0 Å². The van der Waals surface area contributed by atoms with Gasteiger partial charge in [0.25, 0.3) is 0 Å². The van der Waals surface area contributed by atoms with Crippen molar-refractivity contribution in [1.29, 1.82) is 0 Å². The third-order valence-electron chi connectivity index (χ3n) is 9.84. The summed E-state index contributed by atoms with van der Waals surface area (Å²) in [6.07, 6.45) is 10.0. The number of nitrogens with zero attached hydrogens (tertiary/aromatic N) is 1. The minimum absolute atomic E-state index is 0.0312. The Balaban J connectivity index is 1.30. The Morgan fingerprint density at radius 3 is 2.48 bits per heavy atom. The van der Waals surface area contributed by atoms with Crippen molar-refractivity contribution in [3.63, 3.8) is 0 Å². The minimum atomic E-state index is -1.01. The zero-order chi connectivity index (χ0) is 30.2. The van der Waals surface area contributed by atoms with Crippen LogP contribution < -0.4 is 4.74 Å². The third kappa shape index (κ3) is 6.15. The van der Waals surface area contributed by atoms with Gasteiger partial charge in [0.05, 0.1) is 18.1 Å². The number of carbonyl (C=O) groups is 3. The van der Waals surface area contributed by atoms with E-state index in [9.17, 15) is 14.4 Å². The molecule has 1 heterocycles. The summed E-state index contributed by atoms with van der Waals surface area (Å²) in [5, 5.41) is 0. The van der Waals surface area contributed by atoms with E-state index >= 15 is 4.39 Å². The summed E-state index contributed by atoms with van der Waals surface area (Å²) in [5.41, 5.74) is 2.11. The second-order valence-electron chi connectivity index (χ2n) is 14.1. The van der Waals surface area contributed by atoms with E-state index in [-0.39, 0.29) is 29.0 Å².